The molecule has 1 aliphatic rings. The number of aromatic amines is 1. The van der Waals surface area contributed by atoms with Crippen molar-refractivity contribution < 1.29 is 4.79 Å². The number of benzene rings is 1. The molecule has 1 aliphatic heterocycles. The Bertz CT molecular complexity index is 778. The van der Waals surface area contributed by atoms with E-state index in [1.54, 1.807) is 23.5 Å². The highest BCUT2D eigenvalue weighted by Crippen LogP contribution is 2.22. The summed E-state index contributed by atoms with van der Waals surface area (Å²) in [7, 11) is 0. The first kappa shape index (κ1) is 12.1. The zero-order valence-electron chi connectivity index (χ0n) is 11.3. The van der Waals surface area contributed by atoms with Gasteiger partial charge in [0.15, 0.2) is 0 Å². The molecule has 7 nitrogen and oxygen atoms in total. The fourth-order valence-corrected chi connectivity index (χ4v) is 2.78. The van der Waals surface area contributed by atoms with Crippen LogP contribution in [0, 0.1) is 0 Å². The van der Waals surface area contributed by atoms with E-state index in [1.807, 2.05) is 23.1 Å². The Morgan fingerprint density at radius 2 is 2.14 bits per heavy atom. The molecule has 1 N–H and O–H groups in total. The number of hydrogen-bond donors (Lipinski definition) is 1. The minimum absolute atomic E-state index is 0.0427. The van der Waals surface area contributed by atoms with Crippen LogP contribution in [0.1, 0.15) is 22.8 Å². The number of amides is 1. The number of carbonyl (C=O) groups is 1. The Morgan fingerprint density at radius 3 is 3.00 bits per heavy atom. The number of nitrogens with one attached hydrogen (secondary N) is 1. The number of imidazole rings is 1. The van der Waals surface area contributed by atoms with Crippen LogP contribution in [-0.2, 0) is 0 Å². The predicted molar refractivity (Wildman–Crippen MR) is 75.7 cm³/mol. The third kappa shape index (κ3) is 2.06. The molecule has 0 aliphatic carbocycles. The SMILES string of the molecule is O=C(c1ccc2nc[nH]c2c1)N1CCC(n2nccn2)C1. The van der Waals surface area contributed by atoms with Crippen LogP contribution in [0.3, 0.4) is 0 Å². The number of nitrogens with zero attached hydrogens (tertiary/aromatic N) is 5. The molecule has 21 heavy (non-hydrogen) atoms. The fraction of sp³-hybridized carbons (Fsp3) is 0.286. The van der Waals surface area contributed by atoms with Gasteiger partial charge in [-0.05, 0) is 24.6 Å². The number of aromatic nitrogens is 5. The summed E-state index contributed by atoms with van der Waals surface area (Å²) in [6, 6.07) is 5.71. The normalized spacial score (nSPS) is 18.5. The Hall–Kier alpha value is -2.70. The molecule has 3 aromatic rings. The Labute approximate surface area is 120 Å². The molecule has 106 valence electrons. The molecule has 0 radical (unpaired) electrons. The summed E-state index contributed by atoms with van der Waals surface area (Å²) in [5.74, 6) is 0.0427. The molecule has 2 aromatic heterocycles. The first-order chi connectivity index (χ1) is 10.3. The first-order valence-corrected chi connectivity index (χ1v) is 6.89. The lowest BCUT2D eigenvalue weighted by Crippen LogP contribution is -2.29. The Kier molecular flexibility index (Phi) is 2.70. The first-order valence-electron chi connectivity index (χ1n) is 6.89. The van der Waals surface area contributed by atoms with E-state index >= 15 is 0 Å². The predicted octanol–water partition coefficient (Wildman–Crippen LogP) is 1.24. The van der Waals surface area contributed by atoms with Crippen molar-refractivity contribution >= 4 is 16.9 Å². The minimum Gasteiger partial charge on any atom is -0.345 e. The maximum absolute atomic E-state index is 12.6. The summed E-state index contributed by atoms with van der Waals surface area (Å²) in [5.41, 5.74) is 2.43. The van der Waals surface area contributed by atoms with Gasteiger partial charge < -0.3 is 9.88 Å². The van der Waals surface area contributed by atoms with Gasteiger partial charge in [-0.2, -0.15) is 15.0 Å². The summed E-state index contributed by atoms with van der Waals surface area (Å²) in [5, 5.41) is 8.31. The van der Waals surface area contributed by atoms with E-state index in [0.717, 1.165) is 24.0 Å². The van der Waals surface area contributed by atoms with Gasteiger partial charge in [0.1, 0.15) is 0 Å². The van der Waals surface area contributed by atoms with Crippen molar-refractivity contribution in [1.82, 2.24) is 29.9 Å². The van der Waals surface area contributed by atoms with E-state index in [2.05, 4.69) is 20.2 Å². The summed E-state index contributed by atoms with van der Waals surface area (Å²) >= 11 is 0. The van der Waals surface area contributed by atoms with E-state index in [0.29, 0.717) is 12.1 Å². The number of H-pyrrole nitrogens is 1. The van der Waals surface area contributed by atoms with Crippen molar-refractivity contribution in [3.05, 3.63) is 42.5 Å². The summed E-state index contributed by atoms with van der Waals surface area (Å²) < 4.78 is 0. The fourth-order valence-electron chi connectivity index (χ4n) is 2.78. The van der Waals surface area contributed by atoms with E-state index in [-0.39, 0.29) is 11.9 Å². The molecule has 0 bridgehead atoms. The Balaban J connectivity index is 1.55. The molecule has 1 saturated heterocycles. The van der Waals surface area contributed by atoms with E-state index in [1.165, 1.54) is 0 Å². The molecule has 1 atom stereocenters. The average Bonchev–Trinajstić information content (AvgIpc) is 3.24. The number of hydrogen-bond acceptors (Lipinski definition) is 4. The van der Waals surface area contributed by atoms with Gasteiger partial charge >= 0.3 is 0 Å². The quantitative estimate of drug-likeness (QED) is 0.767. The van der Waals surface area contributed by atoms with Crippen LogP contribution < -0.4 is 0 Å². The van der Waals surface area contributed by atoms with Gasteiger partial charge in [0.05, 0.1) is 35.8 Å². The molecule has 1 fully saturated rings. The van der Waals surface area contributed by atoms with Gasteiger partial charge in [-0.1, -0.05) is 0 Å². The van der Waals surface area contributed by atoms with Crippen LogP contribution in [0.15, 0.2) is 36.9 Å². The van der Waals surface area contributed by atoms with Crippen molar-refractivity contribution in [2.24, 2.45) is 0 Å². The number of likely N-dealkylation sites (tertiary alicyclic amines) is 1. The molecule has 7 heteroatoms. The van der Waals surface area contributed by atoms with Crippen molar-refractivity contribution in [3.8, 4) is 0 Å². The third-order valence-electron chi connectivity index (χ3n) is 3.88. The van der Waals surface area contributed by atoms with Crippen molar-refractivity contribution in [2.75, 3.05) is 13.1 Å². The van der Waals surface area contributed by atoms with Gasteiger partial charge in [-0.25, -0.2) is 4.98 Å². The van der Waals surface area contributed by atoms with Gasteiger partial charge in [0.25, 0.3) is 5.91 Å². The van der Waals surface area contributed by atoms with Gasteiger partial charge in [-0.15, -0.1) is 0 Å². The number of fused-ring (bicyclic) bond motifs is 1. The van der Waals surface area contributed by atoms with Crippen LogP contribution in [-0.4, -0.2) is 48.9 Å². The Morgan fingerprint density at radius 1 is 1.29 bits per heavy atom. The third-order valence-corrected chi connectivity index (χ3v) is 3.88. The van der Waals surface area contributed by atoms with E-state index < -0.39 is 0 Å². The van der Waals surface area contributed by atoms with Gasteiger partial charge in [0.2, 0.25) is 0 Å². The second-order valence-electron chi connectivity index (χ2n) is 5.18. The zero-order valence-corrected chi connectivity index (χ0v) is 11.3. The maximum atomic E-state index is 12.6. The standard InChI is InChI=1S/C14H14N6O/c21-14(10-1-2-12-13(7-10)16-9-15-12)19-6-3-11(8-19)20-17-4-5-18-20/h1-2,4-5,7,9,11H,3,6,8H2,(H,15,16). The largest absolute Gasteiger partial charge is 0.345 e. The monoisotopic (exact) mass is 282 g/mol. The molecular formula is C14H14N6O. The second kappa shape index (κ2) is 4.69. The van der Waals surface area contributed by atoms with E-state index in [4.69, 9.17) is 0 Å². The molecule has 1 aromatic carbocycles. The zero-order chi connectivity index (χ0) is 14.2. The number of carbonyl (C=O) groups excluding carboxylic acids is 1. The number of rotatable bonds is 2. The molecule has 4 rings (SSSR count). The van der Waals surface area contributed by atoms with Crippen molar-refractivity contribution in [2.45, 2.75) is 12.5 Å². The summed E-state index contributed by atoms with van der Waals surface area (Å²) in [6.45, 7) is 1.38. The van der Waals surface area contributed by atoms with Crippen LogP contribution in [0.4, 0.5) is 0 Å². The highest BCUT2D eigenvalue weighted by atomic mass is 16.2. The van der Waals surface area contributed by atoms with Crippen LogP contribution in [0.5, 0.6) is 0 Å². The van der Waals surface area contributed by atoms with Gasteiger partial charge in [0, 0.05) is 18.7 Å². The molecule has 3 heterocycles. The molecule has 1 amide bonds. The molecule has 0 spiro atoms. The van der Waals surface area contributed by atoms with Crippen molar-refractivity contribution in [3.63, 3.8) is 0 Å². The van der Waals surface area contributed by atoms with Crippen LogP contribution >= 0.6 is 0 Å². The molecule has 0 saturated carbocycles. The highest BCUT2D eigenvalue weighted by molar-refractivity contribution is 5.97. The average molecular weight is 282 g/mol. The summed E-state index contributed by atoms with van der Waals surface area (Å²) in [4.78, 5) is 23.3. The minimum atomic E-state index is 0.0427. The lowest BCUT2D eigenvalue weighted by Gasteiger charge is -2.16. The lowest BCUT2D eigenvalue weighted by atomic mass is 10.2. The van der Waals surface area contributed by atoms with Gasteiger partial charge in [-0.3, -0.25) is 4.79 Å². The topological polar surface area (TPSA) is 79.7 Å². The second-order valence-corrected chi connectivity index (χ2v) is 5.18. The van der Waals surface area contributed by atoms with Crippen LogP contribution in [0.2, 0.25) is 0 Å². The maximum Gasteiger partial charge on any atom is 0.254 e. The summed E-state index contributed by atoms with van der Waals surface area (Å²) in [6.07, 6.45) is 5.84. The van der Waals surface area contributed by atoms with Crippen molar-refractivity contribution in [1.29, 1.82) is 0 Å². The highest BCUT2D eigenvalue weighted by Gasteiger charge is 2.29. The molecule has 1 unspecified atom stereocenters. The van der Waals surface area contributed by atoms with E-state index in [9.17, 15) is 4.79 Å². The molecular weight excluding hydrogens is 268 g/mol. The smallest absolute Gasteiger partial charge is 0.254 e. The lowest BCUT2D eigenvalue weighted by molar-refractivity contribution is 0.0786. The van der Waals surface area contributed by atoms with Crippen LogP contribution in [0.25, 0.3) is 11.0 Å².